The van der Waals surface area contributed by atoms with Gasteiger partial charge in [0.1, 0.15) is 5.82 Å². The number of benzene rings is 1. The molecule has 1 amide bonds. The Bertz CT molecular complexity index is 858. The van der Waals surface area contributed by atoms with Gasteiger partial charge in [-0.2, -0.15) is 0 Å². The number of aromatic nitrogens is 1. The van der Waals surface area contributed by atoms with Gasteiger partial charge in [0.05, 0.1) is 17.7 Å². The van der Waals surface area contributed by atoms with E-state index in [0.29, 0.717) is 30.1 Å². The second kappa shape index (κ2) is 10.4. The molecule has 1 aliphatic carbocycles. The van der Waals surface area contributed by atoms with Crippen molar-refractivity contribution in [2.75, 3.05) is 18.5 Å². The first-order valence-corrected chi connectivity index (χ1v) is 10.1. The molecule has 3 rings (SSSR count). The van der Waals surface area contributed by atoms with Gasteiger partial charge in [0, 0.05) is 18.4 Å². The molecule has 2 N–H and O–H groups in total. The summed E-state index contributed by atoms with van der Waals surface area (Å²) in [5.74, 6) is 0.171. The van der Waals surface area contributed by atoms with Crippen LogP contribution in [0.3, 0.4) is 0 Å². The van der Waals surface area contributed by atoms with Crippen molar-refractivity contribution in [2.45, 2.75) is 39.0 Å². The number of allylic oxidation sites excluding steroid dienone is 1. The maximum atomic E-state index is 12.3. The SMILES string of the molecule is CCOC(=O)c1ccc(Nc2ccc(C(=O)NCCC3=CCCCC3)cn2)cc1. The van der Waals surface area contributed by atoms with Gasteiger partial charge < -0.3 is 15.4 Å². The van der Waals surface area contributed by atoms with E-state index in [1.165, 1.54) is 18.4 Å². The highest BCUT2D eigenvalue weighted by atomic mass is 16.5. The monoisotopic (exact) mass is 393 g/mol. The highest BCUT2D eigenvalue weighted by molar-refractivity contribution is 5.94. The molecule has 0 unspecified atom stereocenters. The zero-order valence-corrected chi connectivity index (χ0v) is 16.7. The van der Waals surface area contributed by atoms with Crippen LogP contribution in [0.4, 0.5) is 11.5 Å². The zero-order chi connectivity index (χ0) is 20.5. The van der Waals surface area contributed by atoms with E-state index >= 15 is 0 Å². The summed E-state index contributed by atoms with van der Waals surface area (Å²) in [5, 5.41) is 6.11. The number of hydrogen-bond acceptors (Lipinski definition) is 5. The summed E-state index contributed by atoms with van der Waals surface area (Å²) in [7, 11) is 0. The average molecular weight is 393 g/mol. The van der Waals surface area contributed by atoms with Gasteiger partial charge in [-0.3, -0.25) is 4.79 Å². The van der Waals surface area contributed by atoms with E-state index in [9.17, 15) is 9.59 Å². The van der Waals surface area contributed by atoms with Gasteiger partial charge in [-0.25, -0.2) is 9.78 Å². The van der Waals surface area contributed by atoms with Gasteiger partial charge in [-0.05, 0) is 75.4 Å². The van der Waals surface area contributed by atoms with E-state index in [1.807, 2.05) is 0 Å². The molecule has 2 aromatic rings. The third kappa shape index (κ3) is 6.17. The summed E-state index contributed by atoms with van der Waals surface area (Å²) in [6.45, 7) is 2.77. The molecular formula is C23H27N3O3. The molecule has 0 spiro atoms. The molecule has 1 aliphatic rings. The van der Waals surface area contributed by atoms with Crippen LogP contribution in [0.2, 0.25) is 0 Å². The minimum absolute atomic E-state index is 0.112. The fraction of sp³-hybridized carbons (Fsp3) is 0.348. The molecule has 1 heterocycles. The first kappa shape index (κ1) is 20.6. The van der Waals surface area contributed by atoms with Crippen LogP contribution in [0, 0.1) is 0 Å². The number of nitrogens with zero attached hydrogens (tertiary/aromatic N) is 1. The van der Waals surface area contributed by atoms with Gasteiger partial charge in [0.25, 0.3) is 5.91 Å². The molecule has 6 heteroatoms. The third-order valence-corrected chi connectivity index (χ3v) is 4.81. The molecular weight excluding hydrogens is 366 g/mol. The van der Waals surface area contributed by atoms with Gasteiger partial charge in [0.15, 0.2) is 0 Å². The van der Waals surface area contributed by atoms with Crippen molar-refractivity contribution >= 4 is 23.4 Å². The maximum absolute atomic E-state index is 12.3. The second-order valence-electron chi connectivity index (χ2n) is 6.97. The Hall–Kier alpha value is -3.15. The number of pyridine rings is 1. The minimum atomic E-state index is -0.340. The first-order valence-electron chi connectivity index (χ1n) is 10.1. The Morgan fingerprint density at radius 3 is 2.52 bits per heavy atom. The van der Waals surface area contributed by atoms with Crippen LogP contribution < -0.4 is 10.6 Å². The topological polar surface area (TPSA) is 80.3 Å². The summed E-state index contributed by atoms with van der Waals surface area (Å²) in [6, 6.07) is 10.5. The number of ether oxygens (including phenoxy) is 1. The van der Waals surface area contributed by atoms with E-state index < -0.39 is 0 Å². The Labute approximate surface area is 171 Å². The van der Waals surface area contributed by atoms with Crippen molar-refractivity contribution < 1.29 is 14.3 Å². The van der Waals surface area contributed by atoms with Gasteiger partial charge in [-0.15, -0.1) is 0 Å². The van der Waals surface area contributed by atoms with Crippen LogP contribution in [0.15, 0.2) is 54.2 Å². The van der Waals surface area contributed by atoms with Crippen molar-refractivity contribution in [1.29, 1.82) is 0 Å². The molecule has 1 aromatic heterocycles. The quantitative estimate of drug-likeness (QED) is 0.505. The first-order chi connectivity index (χ1) is 14.2. The highest BCUT2D eigenvalue weighted by Crippen LogP contribution is 2.19. The number of nitrogens with one attached hydrogen (secondary N) is 2. The van der Waals surface area contributed by atoms with E-state index in [0.717, 1.165) is 24.9 Å². The number of carbonyl (C=O) groups excluding carboxylic acids is 2. The van der Waals surface area contributed by atoms with Gasteiger partial charge >= 0.3 is 5.97 Å². The fourth-order valence-electron chi connectivity index (χ4n) is 3.22. The maximum Gasteiger partial charge on any atom is 0.338 e. The molecule has 29 heavy (non-hydrogen) atoms. The largest absolute Gasteiger partial charge is 0.462 e. The summed E-state index contributed by atoms with van der Waals surface area (Å²) in [4.78, 5) is 28.3. The number of esters is 1. The molecule has 0 saturated carbocycles. The van der Waals surface area contributed by atoms with Crippen molar-refractivity contribution in [3.8, 4) is 0 Å². The standard InChI is InChI=1S/C23H27N3O3/c1-2-29-23(28)18-8-11-20(12-9-18)26-21-13-10-19(16-25-21)22(27)24-15-14-17-6-4-3-5-7-17/h6,8-13,16H,2-5,7,14-15H2,1H3,(H,24,27)(H,25,26). The Morgan fingerprint density at radius 1 is 1.07 bits per heavy atom. The number of hydrogen-bond donors (Lipinski definition) is 2. The third-order valence-electron chi connectivity index (χ3n) is 4.81. The average Bonchev–Trinajstić information content (AvgIpc) is 2.75. The Morgan fingerprint density at radius 2 is 1.86 bits per heavy atom. The Balaban J connectivity index is 1.49. The highest BCUT2D eigenvalue weighted by Gasteiger charge is 2.09. The summed E-state index contributed by atoms with van der Waals surface area (Å²) in [6.07, 6.45) is 9.62. The molecule has 0 fully saturated rings. The lowest BCUT2D eigenvalue weighted by Gasteiger charge is -2.13. The van der Waals surface area contributed by atoms with Crippen molar-refractivity contribution in [3.05, 3.63) is 65.4 Å². The summed E-state index contributed by atoms with van der Waals surface area (Å²) in [5.41, 5.74) is 3.28. The normalized spacial score (nSPS) is 13.3. The molecule has 0 saturated heterocycles. The molecule has 0 aliphatic heterocycles. The Kier molecular flexibility index (Phi) is 7.39. The minimum Gasteiger partial charge on any atom is -0.462 e. The van der Waals surface area contributed by atoms with Crippen molar-refractivity contribution in [3.63, 3.8) is 0 Å². The van der Waals surface area contributed by atoms with Crippen LogP contribution >= 0.6 is 0 Å². The van der Waals surface area contributed by atoms with Gasteiger partial charge in [0.2, 0.25) is 0 Å². The molecule has 1 aromatic carbocycles. The van der Waals surface area contributed by atoms with E-state index in [2.05, 4.69) is 21.7 Å². The lowest BCUT2D eigenvalue weighted by molar-refractivity contribution is 0.0526. The fourth-order valence-corrected chi connectivity index (χ4v) is 3.22. The van der Waals surface area contributed by atoms with Crippen molar-refractivity contribution in [1.82, 2.24) is 10.3 Å². The lowest BCUT2D eigenvalue weighted by atomic mass is 9.97. The smallest absolute Gasteiger partial charge is 0.338 e. The molecule has 6 nitrogen and oxygen atoms in total. The number of rotatable bonds is 8. The molecule has 152 valence electrons. The zero-order valence-electron chi connectivity index (χ0n) is 16.7. The lowest BCUT2D eigenvalue weighted by Crippen LogP contribution is -2.25. The van der Waals surface area contributed by atoms with Crippen LogP contribution in [0.25, 0.3) is 0 Å². The van der Waals surface area contributed by atoms with E-state index in [-0.39, 0.29) is 11.9 Å². The summed E-state index contributed by atoms with van der Waals surface area (Å²) < 4.78 is 4.97. The van der Waals surface area contributed by atoms with Crippen molar-refractivity contribution in [2.24, 2.45) is 0 Å². The second-order valence-corrected chi connectivity index (χ2v) is 6.97. The van der Waals surface area contributed by atoms with Crippen LogP contribution in [-0.4, -0.2) is 30.0 Å². The van der Waals surface area contributed by atoms with Crippen LogP contribution in [-0.2, 0) is 4.74 Å². The van der Waals surface area contributed by atoms with E-state index in [1.54, 1.807) is 49.5 Å². The van der Waals surface area contributed by atoms with E-state index in [4.69, 9.17) is 4.74 Å². The number of anilines is 2. The molecule has 0 bridgehead atoms. The predicted octanol–water partition coefficient (Wildman–Crippen LogP) is 4.62. The van der Waals surface area contributed by atoms with Gasteiger partial charge in [-0.1, -0.05) is 11.6 Å². The predicted molar refractivity (Wildman–Crippen MR) is 113 cm³/mol. The molecule has 0 radical (unpaired) electrons. The van der Waals surface area contributed by atoms with Crippen LogP contribution in [0.5, 0.6) is 0 Å². The van der Waals surface area contributed by atoms with Crippen LogP contribution in [0.1, 0.15) is 59.7 Å². The number of carbonyl (C=O) groups is 2. The number of amides is 1. The summed E-state index contributed by atoms with van der Waals surface area (Å²) >= 11 is 0. The molecule has 0 atom stereocenters.